The number of halogens is 4. The van der Waals surface area contributed by atoms with Gasteiger partial charge in [-0.25, -0.2) is 8.78 Å². The number of hydrogen-bond donors (Lipinski definition) is 0. The number of benzene rings is 1. The Labute approximate surface area is 162 Å². The zero-order valence-electron chi connectivity index (χ0n) is 15.1. The van der Waals surface area contributed by atoms with Crippen LogP contribution in [0.5, 0.6) is 5.75 Å². The summed E-state index contributed by atoms with van der Waals surface area (Å²) in [5.74, 6) is -5.92. The molecule has 0 heterocycles. The topological polar surface area (TPSA) is 52.6 Å². The van der Waals surface area contributed by atoms with Crippen molar-refractivity contribution in [2.45, 2.75) is 57.8 Å². The minimum atomic E-state index is -1.71. The minimum absolute atomic E-state index is 0.0189. The Kier molecular flexibility index (Phi) is 11.6. The van der Waals surface area contributed by atoms with Crippen molar-refractivity contribution < 1.29 is 32.2 Å². The highest BCUT2D eigenvalue weighted by atomic mass is 35.5. The summed E-state index contributed by atoms with van der Waals surface area (Å²) in [4.78, 5) is 23.1. The number of carbonyl (C=O) groups excluding carboxylic acids is 2. The molecule has 0 aliphatic heterocycles. The van der Waals surface area contributed by atoms with Gasteiger partial charge >= 0.3 is 11.9 Å². The van der Waals surface area contributed by atoms with Gasteiger partial charge in [0.05, 0.1) is 6.61 Å². The van der Waals surface area contributed by atoms with E-state index in [4.69, 9.17) is 16.3 Å². The number of esters is 2. The molecule has 0 amide bonds. The first kappa shape index (κ1) is 23.3. The predicted molar refractivity (Wildman–Crippen MR) is 95.2 cm³/mol. The average molecular weight is 409 g/mol. The van der Waals surface area contributed by atoms with Crippen molar-refractivity contribution in [2.75, 3.05) is 12.5 Å². The van der Waals surface area contributed by atoms with Crippen molar-refractivity contribution in [3.8, 4) is 5.75 Å². The van der Waals surface area contributed by atoms with Crippen LogP contribution >= 0.6 is 11.6 Å². The van der Waals surface area contributed by atoms with Gasteiger partial charge in [0.25, 0.3) is 0 Å². The molecule has 0 spiro atoms. The van der Waals surface area contributed by atoms with Crippen LogP contribution in [0.2, 0.25) is 0 Å². The Morgan fingerprint density at radius 1 is 0.815 bits per heavy atom. The fourth-order valence-electron chi connectivity index (χ4n) is 2.30. The van der Waals surface area contributed by atoms with Crippen LogP contribution < -0.4 is 4.74 Å². The lowest BCUT2D eigenvalue weighted by molar-refractivity contribution is -0.144. The fourth-order valence-corrected chi connectivity index (χ4v) is 2.49. The Balaban J connectivity index is 2.12. The molecule has 0 aliphatic carbocycles. The standard InChI is InChI=1S/C19H24ClF3O4/c20-12-5-3-1-2-4-6-13-26-16(24)8-7-9-17(25)27-15-11-10-14(21)18(22)19(15)23/h10-11H,1-9,12-13H2. The van der Waals surface area contributed by atoms with Crippen molar-refractivity contribution in [3.63, 3.8) is 0 Å². The molecule has 27 heavy (non-hydrogen) atoms. The SMILES string of the molecule is O=C(CCCC(=O)Oc1ccc(F)c(F)c1F)OCCCCCCCCCl. The van der Waals surface area contributed by atoms with Crippen LogP contribution in [0.4, 0.5) is 13.2 Å². The molecule has 0 aliphatic rings. The van der Waals surface area contributed by atoms with E-state index in [1.807, 2.05) is 0 Å². The summed E-state index contributed by atoms with van der Waals surface area (Å²) >= 11 is 5.59. The Morgan fingerprint density at radius 2 is 1.44 bits per heavy atom. The van der Waals surface area contributed by atoms with E-state index in [9.17, 15) is 22.8 Å². The molecule has 8 heteroatoms. The lowest BCUT2D eigenvalue weighted by Gasteiger charge is -2.07. The third-order valence-corrected chi connectivity index (χ3v) is 4.04. The largest absolute Gasteiger partial charge is 0.466 e. The average Bonchev–Trinajstić information content (AvgIpc) is 2.64. The molecular formula is C19H24ClF3O4. The fraction of sp³-hybridized carbons (Fsp3) is 0.579. The second-order valence-electron chi connectivity index (χ2n) is 6.03. The molecule has 0 atom stereocenters. The molecule has 0 saturated heterocycles. The van der Waals surface area contributed by atoms with E-state index in [-0.39, 0.29) is 19.3 Å². The summed E-state index contributed by atoms with van der Waals surface area (Å²) in [5, 5.41) is 0. The molecule has 4 nitrogen and oxygen atoms in total. The highest BCUT2D eigenvalue weighted by Gasteiger charge is 2.17. The second-order valence-corrected chi connectivity index (χ2v) is 6.41. The van der Waals surface area contributed by atoms with Crippen molar-refractivity contribution in [1.82, 2.24) is 0 Å². The molecule has 152 valence electrons. The number of alkyl halides is 1. The highest BCUT2D eigenvalue weighted by Crippen LogP contribution is 2.22. The van der Waals surface area contributed by atoms with Crippen LogP contribution in [0.1, 0.15) is 57.8 Å². The summed E-state index contributed by atoms with van der Waals surface area (Å²) in [5.41, 5.74) is 0. The van der Waals surface area contributed by atoms with Crippen molar-refractivity contribution in [2.24, 2.45) is 0 Å². The monoisotopic (exact) mass is 408 g/mol. The highest BCUT2D eigenvalue weighted by molar-refractivity contribution is 6.17. The molecule has 0 unspecified atom stereocenters. The van der Waals surface area contributed by atoms with Gasteiger partial charge < -0.3 is 9.47 Å². The Hall–Kier alpha value is -1.76. The smallest absolute Gasteiger partial charge is 0.311 e. The Morgan fingerprint density at radius 3 is 2.15 bits per heavy atom. The first-order valence-electron chi connectivity index (χ1n) is 9.01. The molecule has 1 aromatic rings. The maximum absolute atomic E-state index is 13.4. The lowest BCUT2D eigenvalue weighted by Crippen LogP contribution is -2.12. The Bertz CT molecular complexity index is 611. The number of carbonyl (C=O) groups is 2. The summed E-state index contributed by atoms with van der Waals surface area (Å²) in [7, 11) is 0. The molecule has 0 aromatic heterocycles. The van der Waals surface area contributed by atoms with Gasteiger partial charge in [-0.3, -0.25) is 9.59 Å². The van der Waals surface area contributed by atoms with Crippen LogP contribution in [0.25, 0.3) is 0 Å². The third kappa shape index (κ3) is 9.65. The van der Waals surface area contributed by atoms with E-state index in [1.165, 1.54) is 0 Å². The minimum Gasteiger partial charge on any atom is -0.466 e. The van der Waals surface area contributed by atoms with Gasteiger partial charge in [-0.1, -0.05) is 25.7 Å². The van der Waals surface area contributed by atoms with E-state index in [1.54, 1.807) is 0 Å². The van der Waals surface area contributed by atoms with Gasteiger partial charge in [-0.15, -0.1) is 11.6 Å². The van der Waals surface area contributed by atoms with Gasteiger partial charge in [-0.2, -0.15) is 4.39 Å². The van der Waals surface area contributed by atoms with Crippen LogP contribution in [0, 0.1) is 17.5 Å². The number of unbranched alkanes of at least 4 members (excludes halogenated alkanes) is 5. The molecule has 1 rings (SSSR count). The maximum atomic E-state index is 13.4. The van der Waals surface area contributed by atoms with Gasteiger partial charge in [-0.05, 0) is 31.4 Å². The van der Waals surface area contributed by atoms with E-state index < -0.39 is 35.1 Å². The van der Waals surface area contributed by atoms with Crippen LogP contribution in [-0.2, 0) is 14.3 Å². The van der Waals surface area contributed by atoms with Crippen molar-refractivity contribution in [1.29, 1.82) is 0 Å². The van der Waals surface area contributed by atoms with Crippen LogP contribution in [-0.4, -0.2) is 24.4 Å². The predicted octanol–water partition coefficient (Wildman–Crippen LogP) is 5.30. The van der Waals surface area contributed by atoms with E-state index >= 15 is 0 Å². The zero-order valence-corrected chi connectivity index (χ0v) is 15.8. The molecule has 1 aromatic carbocycles. The molecule has 0 radical (unpaired) electrons. The number of ether oxygens (including phenoxy) is 2. The van der Waals surface area contributed by atoms with Crippen molar-refractivity contribution >= 4 is 23.5 Å². The van der Waals surface area contributed by atoms with Crippen LogP contribution in [0.15, 0.2) is 12.1 Å². The molecule has 0 bridgehead atoms. The molecular weight excluding hydrogens is 385 g/mol. The first-order chi connectivity index (χ1) is 13.0. The summed E-state index contributed by atoms with van der Waals surface area (Å²) in [6, 6.07) is 1.49. The van der Waals surface area contributed by atoms with Crippen molar-refractivity contribution in [3.05, 3.63) is 29.6 Å². The number of hydrogen-bond acceptors (Lipinski definition) is 4. The maximum Gasteiger partial charge on any atom is 0.311 e. The van der Waals surface area contributed by atoms with Crippen LogP contribution in [0.3, 0.4) is 0 Å². The summed E-state index contributed by atoms with van der Waals surface area (Å²) < 4.78 is 48.9. The summed E-state index contributed by atoms with van der Waals surface area (Å²) in [6.07, 6.45) is 6.06. The zero-order chi connectivity index (χ0) is 20.1. The van der Waals surface area contributed by atoms with Gasteiger partial charge in [0.15, 0.2) is 17.4 Å². The van der Waals surface area contributed by atoms with E-state index in [0.29, 0.717) is 18.6 Å². The number of rotatable bonds is 13. The quantitative estimate of drug-likeness (QED) is 0.146. The van der Waals surface area contributed by atoms with E-state index in [0.717, 1.165) is 44.6 Å². The summed E-state index contributed by atoms with van der Waals surface area (Å²) in [6.45, 7) is 0.332. The van der Waals surface area contributed by atoms with Gasteiger partial charge in [0.1, 0.15) is 0 Å². The van der Waals surface area contributed by atoms with Gasteiger partial charge in [0.2, 0.25) is 5.82 Å². The second kappa shape index (κ2) is 13.4. The normalized spacial score (nSPS) is 10.7. The molecule has 0 fully saturated rings. The third-order valence-electron chi connectivity index (χ3n) is 3.78. The lowest BCUT2D eigenvalue weighted by atomic mass is 10.1. The van der Waals surface area contributed by atoms with E-state index in [2.05, 4.69) is 4.74 Å². The van der Waals surface area contributed by atoms with Gasteiger partial charge in [0, 0.05) is 18.7 Å². The molecule has 0 N–H and O–H groups in total. The molecule has 0 saturated carbocycles. The first-order valence-corrected chi connectivity index (χ1v) is 9.55.